The largest absolute Gasteiger partial charge is 0.299 e. The highest BCUT2D eigenvalue weighted by molar-refractivity contribution is 5.99. The second-order valence-electron chi connectivity index (χ2n) is 1.72. The molecule has 0 bridgehead atoms. The van der Waals surface area contributed by atoms with Gasteiger partial charge in [0.1, 0.15) is 5.78 Å². The fourth-order valence-corrected chi connectivity index (χ4v) is 0.609. The van der Waals surface area contributed by atoms with Gasteiger partial charge in [-0.3, -0.25) is 9.79 Å². The van der Waals surface area contributed by atoms with Crippen molar-refractivity contribution >= 4 is 11.7 Å². The van der Waals surface area contributed by atoms with Gasteiger partial charge in [0.15, 0.2) is 5.97 Å². The molecule has 0 aromatic heterocycles. The molecule has 0 saturated heterocycles. The van der Waals surface area contributed by atoms with Crippen molar-refractivity contribution < 1.29 is 9.18 Å². The minimum absolute atomic E-state index is 0.0440. The summed E-state index contributed by atoms with van der Waals surface area (Å²) in [6, 6.07) is 0. The molecular formula is C5H6FNO. The van der Waals surface area contributed by atoms with Gasteiger partial charge < -0.3 is 0 Å². The maximum atomic E-state index is 12.0. The first kappa shape index (κ1) is 5.41. The van der Waals surface area contributed by atoms with E-state index in [0.717, 1.165) is 0 Å². The minimum atomic E-state index is -0.513. The van der Waals surface area contributed by atoms with E-state index >= 15 is 0 Å². The lowest BCUT2D eigenvalue weighted by atomic mass is 10.2. The molecule has 2 nitrogen and oxygen atoms in total. The van der Waals surface area contributed by atoms with Gasteiger partial charge in [0.05, 0.1) is 6.42 Å². The van der Waals surface area contributed by atoms with E-state index in [9.17, 15) is 9.18 Å². The highest BCUT2D eigenvalue weighted by Crippen LogP contribution is 2.01. The summed E-state index contributed by atoms with van der Waals surface area (Å²) in [6.07, 6.45) is 0.327. The van der Waals surface area contributed by atoms with Crippen LogP contribution in [-0.4, -0.2) is 18.3 Å². The smallest absolute Gasteiger partial charge is 0.191 e. The van der Waals surface area contributed by atoms with Gasteiger partial charge in [-0.15, -0.1) is 0 Å². The molecule has 1 rings (SSSR count). The lowest BCUT2D eigenvalue weighted by Crippen LogP contribution is -2.11. The molecule has 44 valence electrons. The Bertz CT molecular complexity index is 141. The molecule has 0 N–H and O–H groups in total. The van der Waals surface area contributed by atoms with E-state index in [0.29, 0.717) is 13.0 Å². The van der Waals surface area contributed by atoms with Crippen molar-refractivity contribution in [2.75, 3.05) is 6.54 Å². The van der Waals surface area contributed by atoms with E-state index in [1.165, 1.54) is 0 Å². The molecule has 1 aliphatic heterocycles. The van der Waals surface area contributed by atoms with Crippen molar-refractivity contribution in [3.63, 3.8) is 0 Å². The second kappa shape index (κ2) is 2.03. The molecule has 0 aliphatic carbocycles. The van der Waals surface area contributed by atoms with Crippen LogP contribution < -0.4 is 0 Å². The topological polar surface area (TPSA) is 29.4 Å². The Kier molecular flexibility index (Phi) is 1.37. The zero-order chi connectivity index (χ0) is 5.98. The number of hydrogen-bond donors (Lipinski definition) is 0. The molecular weight excluding hydrogens is 109 g/mol. The van der Waals surface area contributed by atoms with Crippen LogP contribution in [0.15, 0.2) is 4.99 Å². The first-order valence-electron chi connectivity index (χ1n) is 2.49. The summed E-state index contributed by atoms with van der Waals surface area (Å²) < 4.78 is 12.0. The van der Waals surface area contributed by atoms with Gasteiger partial charge in [0.2, 0.25) is 0 Å². The lowest BCUT2D eigenvalue weighted by Gasteiger charge is -2.01. The van der Waals surface area contributed by atoms with Crippen molar-refractivity contribution in [2.24, 2.45) is 4.99 Å². The van der Waals surface area contributed by atoms with Crippen molar-refractivity contribution in [2.45, 2.75) is 12.8 Å². The Balaban J connectivity index is 2.57. The van der Waals surface area contributed by atoms with Gasteiger partial charge in [0.25, 0.3) is 0 Å². The quantitative estimate of drug-likeness (QED) is 0.457. The van der Waals surface area contributed by atoms with Crippen LogP contribution in [-0.2, 0) is 4.79 Å². The van der Waals surface area contributed by atoms with Crippen molar-refractivity contribution in [1.82, 2.24) is 0 Å². The number of carbonyl (C=O) groups is 1. The molecule has 0 unspecified atom stereocenters. The average molecular weight is 115 g/mol. The predicted molar refractivity (Wildman–Crippen MR) is 27.7 cm³/mol. The summed E-state index contributed by atoms with van der Waals surface area (Å²) in [5, 5.41) is 0. The van der Waals surface area contributed by atoms with Crippen LogP contribution in [0, 0.1) is 0 Å². The van der Waals surface area contributed by atoms with Crippen molar-refractivity contribution in [3.8, 4) is 0 Å². The number of Topliss-reactive ketones (excluding diaryl/α,β-unsaturated/α-hetero) is 1. The van der Waals surface area contributed by atoms with Gasteiger partial charge in [-0.25, -0.2) is 0 Å². The van der Waals surface area contributed by atoms with Crippen LogP contribution in [0.25, 0.3) is 0 Å². The molecule has 1 aliphatic rings. The normalized spacial score (nSPS) is 20.6. The summed E-state index contributed by atoms with van der Waals surface area (Å²) in [5.41, 5.74) is 0. The summed E-state index contributed by atoms with van der Waals surface area (Å²) in [4.78, 5) is 13.8. The molecule has 0 aromatic rings. The zero-order valence-electron chi connectivity index (χ0n) is 4.35. The SMILES string of the molecule is O=C1CCN=C(F)C1. The number of hydrogen-bond acceptors (Lipinski definition) is 2. The summed E-state index contributed by atoms with van der Waals surface area (Å²) in [7, 11) is 0. The van der Waals surface area contributed by atoms with E-state index < -0.39 is 5.97 Å². The third-order valence-electron chi connectivity index (χ3n) is 1.02. The molecule has 0 atom stereocenters. The molecule has 3 heteroatoms. The standard InChI is InChI=1S/C5H6FNO/c6-5-3-4(8)1-2-7-5/h1-3H2. The van der Waals surface area contributed by atoms with Crippen LogP contribution in [0.1, 0.15) is 12.8 Å². The number of halogens is 1. The molecule has 8 heavy (non-hydrogen) atoms. The maximum Gasteiger partial charge on any atom is 0.191 e. The van der Waals surface area contributed by atoms with Crippen molar-refractivity contribution in [3.05, 3.63) is 0 Å². The molecule has 0 radical (unpaired) electrons. The van der Waals surface area contributed by atoms with E-state index in [4.69, 9.17) is 0 Å². The average Bonchev–Trinajstić information content (AvgIpc) is 1.64. The van der Waals surface area contributed by atoms with Gasteiger partial charge in [0, 0.05) is 13.0 Å². The molecule has 1 heterocycles. The third-order valence-corrected chi connectivity index (χ3v) is 1.02. The first-order valence-corrected chi connectivity index (χ1v) is 2.49. The monoisotopic (exact) mass is 115 g/mol. The number of carbonyl (C=O) groups excluding carboxylic acids is 1. The Morgan fingerprint density at radius 3 is 2.75 bits per heavy atom. The summed E-state index contributed by atoms with van der Waals surface area (Å²) >= 11 is 0. The first-order chi connectivity index (χ1) is 3.79. The van der Waals surface area contributed by atoms with E-state index in [1.54, 1.807) is 0 Å². The minimum Gasteiger partial charge on any atom is -0.299 e. The maximum absolute atomic E-state index is 12.0. The lowest BCUT2D eigenvalue weighted by molar-refractivity contribution is -0.118. The fourth-order valence-electron chi connectivity index (χ4n) is 0.609. The van der Waals surface area contributed by atoms with E-state index in [1.807, 2.05) is 0 Å². The number of ketones is 1. The Labute approximate surface area is 46.4 Å². The Hall–Kier alpha value is -0.730. The second-order valence-corrected chi connectivity index (χ2v) is 1.72. The molecule has 0 amide bonds. The Morgan fingerprint density at radius 2 is 2.38 bits per heavy atom. The Morgan fingerprint density at radius 1 is 1.62 bits per heavy atom. The van der Waals surface area contributed by atoms with Gasteiger partial charge in [-0.1, -0.05) is 0 Å². The predicted octanol–water partition coefficient (Wildman–Crippen LogP) is 0.717. The van der Waals surface area contributed by atoms with Crippen molar-refractivity contribution in [1.29, 1.82) is 0 Å². The van der Waals surface area contributed by atoms with E-state index in [-0.39, 0.29) is 12.2 Å². The fraction of sp³-hybridized carbons (Fsp3) is 0.600. The van der Waals surface area contributed by atoms with Crippen LogP contribution in [0.3, 0.4) is 0 Å². The number of aliphatic imine (C=N–C) groups is 1. The summed E-state index contributed by atoms with van der Waals surface area (Å²) in [6.45, 7) is 0.338. The number of rotatable bonds is 0. The molecule has 0 aromatic carbocycles. The third kappa shape index (κ3) is 1.12. The molecule has 0 saturated carbocycles. The molecule has 0 fully saturated rings. The van der Waals surface area contributed by atoms with Crippen LogP contribution in [0.5, 0.6) is 0 Å². The zero-order valence-corrected chi connectivity index (χ0v) is 4.35. The van der Waals surface area contributed by atoms with Gasteiger partial charge in [-0.05, 0) is 0 Å². The molecule has 0 spiro atoms. The van der Waals surface area contributed by atoms with E-state index in [2.05, 4.69) is 4.99 Å². The van der Waals surface area contributed by atoms with Crippen LogP contribution in [0.2, 0.25) is 0 Å². The van der Waals surface area contributed by atoms with Gasteiger partial charge in [-0.2, -0.15) is 4.39 Å². The van der Waals surface area contributed by atoms with Gasteiger partial charge >= 0.3 is 0 Å². The van der Waals surface area contributed by atoms with Crippen LogP contribution in [0.4, 0.5) is 4.39 Å². The highest BCUT2D eigenvalue weighted by atomic mass is 19.1. The number of nitrogens with zero attached hydrogens (tertiary/aromatic N) is 1. The summed E-state index contributed by atoms with van der Waals surface area (Å²) in [5.74, 6) is -0.557. The highest BCUT2D eigenvalue weighted by Gasteiger charge is 2.10. The van der Waals surface area contributed by atoms with Crippen LogP contribution >= 0.6 is 0 Å².